The molecule has 0 bridgehead atoms. The van der Waals surface area contributed by atoms with Crippen molar-refractivity contribution in [1.29, 1.82) is 0 Å². The number of carbonyl (C=O) groups excluding carboxylic acids is 2. The number of anilines is 2. The fourth-order valence-corrected chi connectivity index (χ4v) is 7.96. The molecule has 184 valence electrons. The molecule has 0 saturated heterocycles. The predicted octanol–water partition coefficient (Wildman–Crippen LogP) is 5.69. The van der Waals surface area contributed by atoms with Crippen molar-refractivity contribution >= 4 is 55.4 Å². The minimum absolute atomic E-state index is 0.317. The number of rotatable bonds is 4. The number of carbonyl (C=O) groups is 2. The van der Waals surface area contributed by atoms with E-state index >= 15 is 0 Å². The van der Waals surface area contributed by atoms with Gasteiger partial charge in [0.25, 0.3) is 11.8 Å². The number of primary amides is 1. The smallest absolute Gasteiger partial charge is 0.268 e. The van der Waals surface area contributed by atoms with Crippen LogP contribution < -0.4 is 16.8 Å². The summed E-state index contributed by atoms with van der Waals surface area (Å²) in [5.41, 5.74) is 17.8. The van der Waals surface area contributed by atoms with Gasteiger partial charge in [0, 0.05) is 16.0 Å². The van der Waals surface area contributed by atoms with Gasteiger partial charge in [0.1, 0.15) is 14.7 Å². The minimum Gasteiger partial charge on any atom is -0.397 e. The molecule has 2 unspecified atom stereocenters. The lowest BCUT2D eigenvalue weighted by molar-refractivity contribution is 0.100. The number of hydrogen-bond acceptors (Lipinski definition) is 6. The summed E-state index contributed by atoms with van der Waals surface area (Å²) in [6.07, 6.45) is 5.61. The van der Waals surface area contributed by atoms with E-state index in [9.17, 15) is 9.59 Å². The van der Waals surface area contributed by atoms with Gasteiger partial charge in [-0.1, -0.05) is 37.3 Å². The molecule has 36 heavy (non-hydrogen) atoms. The van der Waals surface area contributed by atoms with E-state index in [1.807, 2.05) is 6.07 Å². The Labute approximate surface area is 217 Å². The molecule has 8 heteroatoms. The summed E-state index contributed by atoms with van der Waals surface area (Å²) in [5, 5.41) is 4.33. The quantitative estimate of drug-likeness (QED) is 0.324. The molecular weight excluding hydrogens is 488 g/mol. The normalized spacial score (nSPS) is 19.0. The Bertz CT molecular complexity index is 1510. The molecule has 1 aromatic carbocycles. The van der Waals surface area contributed by atoms with E-state index in [0.29, 0.717) is 33.0 Å². The van der Waals surface area contributed by atoms with Gasteiger partial charge in [0.05, 0.1) is 11.3 Å². The maximum Gasteiger partial charge on any atom is 0.268 e. The van der Waals surface area contributed by atoms with Crippen LogP contribution in [0.2, 0.25) is 0 Å². The predicted molar refractivity (Wildman–Crippen MR) is 147 cm³/mol. The van der Waals surface area contributed by atoms with Crippen LogP contribution in [0.3, 0.4) is 0 Å². The molecule has 0 fully saturated rings. The van der Waals surface area contributed by atoms with Crippen LogP contribution in [0.4, 0.5) is 10.7 Å². The Morgan fingerprint density at radius 3 is 2.67 bits per heavy atom. The van der Waals surface area contributed by atoms with Gasteiger partial charge in [-0.15, -0.1) is 22.7 Å². The molecular formula is C28H28N4O2S2. The van der Waals surface area contributed by atoms with E-state index in [4.69, 9.17) is 16.5 Å². The molecule has 5 N–H and O–H groups in total. The fraction of sp³-hybridized carbons (Fsp3) is 0.321. The monoisotopic (exact) mass is 516 g/mol. The first-order chi connectivity index (χ1) is 17.4. The first-order valence-electron chi connectivity index (χ1n) is 12.4. The van der Waals surface area contributed by atoms with Crippen LogP contribution in [0.15, 0.2) is 36.4 Å². The highest BCUT2D eigenvalue weighted by atomic mass is 32.1. The number of thiophene rings is 2. The third-order valence-corrected chi connectivity index (χ3v) is 9.83. The summed E-state index contributed by atoms with van der Waals surface area (Å²) in [7, 11) is 0. The molecule has 6 rings (SSSR count). The summed E-state index contributed by atoms with van der Waals surface area (Å²) < 4.78 is 0. The van der Waals surface area contributed by atoms with Crippen LogP contribution >= 0.6 is 22.7 Å². The standard InChI is InChI=1S/C28H28N4O2S2/c1-14-7-10-20-17(11-14)12-19-23(29)24(36-27(19)31-20)26(34)32-28-22(25(30)33)18-9-8-16(13-21(18)35-28)15-5-3-2-4-6-15/h2-6,12,14,16H,7-11,13,29H2,1H3,(H2,30,33)(H,32,34). The zero-order chi connectivity index (χ0) is 25.0. The van der Waals surface area contributed by atoms with Crippen molar-refractivity contribution in [3.05, 3.63) is 74.1 Å². The minimum atomic E-state index is -0.506. The number of amides is 2. The first kappa shape index (κ1) is 23.2. The zero-order valence-electron chi connectivity index (χ0n) is 20.1. The van der Waals surface area contributed by atoms with Gasteiger partial charge >= 0.3 is 0 Å². The number of aryl methyl sites for hydroxylation is 1. The lowest BCUT2D eigenvalue weighted by Crippen LogP contribution is -2.19. The van der Waals surface area contributed by atoms with Gasteiger partial charge in [-0.05, 0) is 73.1 Å². The number of benzene rings is 1. The second-order valence-electron chi connectivity index (χ2n) is 10.0. The van der Waals surface area contributed by atoms with Crippen molar-refractivity contribution in [2.75, 3.05) is 11.1 Å². The Kier molecular flexibility index (Phi) is 5.80. The number of hydrogen-bond donors (Lipinski definition) is 3. The van der Waals surface area contributed by atoms with Gasteiger partial charge < -0.3 is 16.8 Å². The van der Waals surface area contributed by atoms with Gasteiger partial charge in [0.2, 0.25) is 0 Å². The number of aromatic nitrogens is 1. The molecule has 0 radical (unpaired) electrons. The topological polar surface area (TPSA) is 111 Å². The van der Waals surface area contributed by atoms with Crippen LogP contribution in [-0.2, 0) is 25.7 Å². The molecule has 0 spiro atoms. The summed E-state index contributed by atoms with van der Waals surface area (Å²) in [5.74, 6) is 0.189. The van der Waals surface area contributed by atoms with E-state index < -0.39 is 5.91 Å². The average molecular weight is 517 g/mol. The van der Waals surface area contributed by atoms with Crippen LogP contribution in [-0.4, -0.2) is 16.8 Å². The maximum atomic E-state index is 13.4. The Hall–Kier alpha value is -3.23. The lowest BCUT2D eigenvalue weighted by Gasteiger charge is -2.22. The average Bonchev–Trinajstić information content (AvgIpc) is 3.39. The number of nitrogen functional groups attached to an aromatic ring is 1. The third-order valence-electron chi connectivity index (χ3n) is 7.55. The summed E-state index contributed by atoms with van der Waals surface area (Å²) in [6.45, 7) is 2.25. The second kappa shape index (κ2) is 9.01. The van der Waals surface area contributed by atoms with E-state index in [1.165, 1.54) is 33.8 Å². The van der Waals surface area contributed by atoms with Gasteiger partial charge in [-0.25, -0.2) is 4.98 Å². The maximum absolute atomic E-state index is 13.4. The summed E-state index contributed by atoms with van der Waals surface area (Å²) >= 11 is 2.77. The third kappa shape index (κ3) is 3.98. The van der Waals surface area contributed by atoms with E-state index in [0.717, 1.165) is 64.9 Å². The molecule has 2 aliphatic carbocycles. The van der Waals surface area contributed by atoms with Crippen LogP contribution in [0, 0.1) is 5.92 Å². The Morgan fingerprint density at radius 2 is 1.89 bits per heavy atom. The highest BCUT2D eigenvalue weighted by Crippen LogP contribution is 2.43. The molecule has 2 amide bonds. The molecule has 3 heterocycles. The number of nitrogens with zero attached hydrogens (tertiary/aromatic N) is 1. The van der Waals surface area contributed by atoms with Crippen molar-refractivity contribution in [1.82, 2.24) is 4.98 Å². The van der Waals surface area contributed by atoms with Crippen LogP contribution in [0.25, 0.3) is 10.2 Å². The SMILES string of the molecule is CC1CCc2nc3sc(C(=O)Nc4sc5c(c4C(N)=O)CCC(c4ccccc4)C5)c(N)c3cc2C1. The molecule has 0 saturated carbocycles. The largest absolute Gasteiger partial charge is 0.397 e. The van der Waals surface area contributed by atoms with E-state index in [-0.39, 0.29) is 5.91 Å². The fourth-order valence-electron chi connectivity index (χ4n) is 5.65. The van der Waals surface area contributed by atoms with Gasteiger partial charge in [0.15, 0.2) is 0 Å². The molecule has 2 atom stereocenters. The zero-order valence-corrected chi connectivity index (χ0v) is 21.7. The second-order valence-corrected chi connectivity index (χ2v) is 12.1. The van der Waals surface area contributed by atoms with Crippen molar-refractivity contribution < 1.29 is 9.59 Å². The van der Waals surface area contributed by atoms with Crippen LogP contribution in [0.5, 0.6) is 0 Å². The molecule has 4 aromatic rings. The van der Waals surface area contributed by atoms with Crippen molar-refractivity contribution in [3.63, 3.8) is 0 Å². The Morgan fingerprint density at radius 1 is 1.08 bits per heavy atom. The number of pyridine rings is 1. The number of nitrogens with one attached hydrogen (secondary N) is 1. The van der Waals surface area contributed by atoms with E-state index in [1.54, 1.807) is 0 Å². The Balaban J connectivity index is 1.31. The molecule has 3 aromatic heterocycles. The lowest BCUT2D eigenvalue weighted by atomic mass is 9.83. The van der Waals surface area contributed by atoms with Crippen molar-refractivity contribution in [2.45, 2.75) is 51.4 Å². The summed E-state index contributed by atoms with van der Waals surface area (Å²) in [6, 6.07) is 12.5. The number of nitrogens with two attached hydrogens (primary N) is 2. The van der Waals surface area contributed by atoms with Gasteiger partial charge in [-0.3, -0.25) is 9.59 Å². The van der Waals surface area contributed by atoms with Crippen molar-refractivity contribution in [3.8, 4) is 0 Å². The molecule has 0 aliphatic heterocycles. The highest BCUT2D eigenvalue weighted by Gasteiger charge is 2.30. The molecule has 2 aliphatic rings. The van der Waals surface area contributed by atoms with E-state index in [2.05, 4.69) is 42.6 Å². The van der Waals surface area contributed by atoms with Crippen LogP contribution in [0.1, 0.15) is 73.0 Å². The highest BCUT2D eigenvalue weighted by molar-refractivity contribution is 7.21. The molecule has 6 nitrogen and oxygen atoms in total. The summed E-state index contributed by atoms with van der Waals surface area (Å²) in [4.78, 5) is 33.0. The first-order valence-corrected chi connectivity index (χ1v) is 14.0. The van der Waals surface area contributed by atoms with Gasteiger partial charge in [-0.2, -0.15) is 0 Å². The van der Waals surface area contributed by atoms with Crippen molar-refractivity contribution in [2.24, 2.45) is 11.7 Å². The number of fused-ring (bicyclic) bond motifs is 3.